The first-order valence-corrected chi connectivity index (χ1v) is 12.5. The zero-order valence-electron chi connectivity index (χ0n) is 14.9. The number of nitrogen functional groups attached to an aromatic ring is 1. The molecule has 3 rings (SSSR count). The summed E-state index contributed by atoms with van der Waals surface area (Å²) in [7, 11) is -17.0. The van der Waals surface area contributed by atoms with E-state index in [2.05, 4.69) is 13.6 Å². The number of nitrogens with zero attached hydrogens (tertiary/aromatic N) is 2. The van der Waals surface area contributed by atoms with Gasteiger partial charge in [0, 0.05) is 6.20 Å². The maximum absolute atomic E-state index is 12.2. The van der Waals surface area contributed by atoms with E-state index in [9.17, 15) is 33.4 Å². The first kappa shape index (κ1) is 24.2. The zero-order chi connectivity index (χ0) is 23.2. The van der Waals surface area contributed by atoms with Crippen molar-refractivity contribution in [1.29, 1.82) is 0 Å². The van der Waals surface area contributed by atoms with Gasteiger partial charge in [-0.05, 0) is 12.1 Å². The number of aromatic nitrogens is 2. The van der Waals surface area contributed by atoms with Gasteiger partial charge >= 0.3 is 29.2 Å². The monoisotopic (exact) mass is 507 g/mol. The molecule has 0 bridgehead atoms. The van der Waals surface area contributed by atoms with Gasteiger partial charge in [-0.15, -0.1) is 0 Å². The van der Waals surface area contributed by atoms with Crippen LogP contribution in [0.5, 0.6) is 0 Å². The molecular formula is C11H16N3O14P3. The van der Waals surface area contributed by atoms with E-state index < -0.39 is 59.8 Å². The van der Waals surface area contributed by atoms with E-state index >= 15 is 0 Å². The molecule has 17 nitrogen and oxygen atoms in total. The quantitative estimate of drug-likeness (QED) is 0.224. The molecule has 3 unspecified atom stereocenters. The molecule has 1 fully saturated rings. The number of nitrogens with two attached hydrogens (primary N) is 1. The van der Waals surface area contributed by atoms with Crippen LogP contribution in [0, 0.1) is 0 Å². The molecule has 7 atom stereocenters. The first-order chi connectivity index (χ1) is 14.2. The lowest BCUT2D eigenvalue weighted by molar-refractivity contribution is -0.0858. The van der Waals surface area contributed by atoms with Crippen molar-refractivity contribution >= 4 is 29.3 Å². The molecule has 3 heterocycles. The minimum Gasteiger partial charge on any atom is -0.491 e. The van der Waals surface area contributed by atoms with Gasteiger partial charge in [0.2, 0.25) is 0 Å². The molecule has 20 heteroatoms. The molecular weight excluding hydrogens is 491 g/mol. The molecule has 0 radical (unpaired) electrons. The van der Waals surface area contributed by atoms with Gasteiger partial charge in [0.05, 0.1) is 6.26 Å². The minimum absolute atomic E-state index is 0.125. The number of rotatable bonds is 8. The Morgan fingerprint density at radius 2 is 1.77 bits per heavy atom. The van der Waals surface area contributed by atoms with Crippen LogP contribution in [0.1, 0.15) is 6.23 Å². The average molecular weight is 507 g/mol. The lowest BCUT2D eigenvalue weighted by Crippen LogP contribution is -2.42. The molecule has 0 spiro atoms. The summed E-state index contributed by atoms with van der Waals surface area (Å²) in [6.07, 6.45) is -3.65. The smallest absolute Gasteiger partial charge is 0.490 e. The third-order valence-corrected chi connectivity index (χ3v) is 7.71. The summed E-state index contributed by atoms with van der Waals surface area (Å²) >= 11 is 0. The molecule has 174 valence electrons. The van der Waals surface area contributed by atoms with Gasteiger partial charge in [0.25, 0.3) is 0 Å². The largest absolute Gasteiger partial charge is 0.491 e. The van der Waals surface area contributed by atoms with Crippen LogP contribution in [0.3, 0.4) is 0 Å². The number of anilines is 1. The molecule has 31 heavy (non-hydrogen) atoms. The van der Waals surface area contributed by atoms with E-state index in [1.165, 1.54) is 18.4 Å². The van der Waals surface area contributed by atoms with E-state index in [-0.39, 0.29) is 5.82 Å². The fourth-order valence-corrected chi connectivity index (χ4v) is 5.93. The molecule has 0 aliphatic carbocycles. The Labute approximate surface area is 172 Å². The Kier molecular flexibility index (Phi) is 6.62. The van der Waals surface area contributed by atoms with E-state index in [0.29, 0.717) is 0 Å². The predicted molar refractivity (Wildman–Crippen MR) is 95.6 cm³/mol. The van der Waals surface area contributed by atoms with E-state index in [4.69, 9.17) is 29.5 Å². The topological polar surface area (TPSA) is 259 Å². The number of aliphatic hydroxyl groups is 1. The second-order valence-corrected chi connectivity index (χ2v) is 10.5. The average Bonchev–Trinajstić information content (AvgIpc) is 2.79. The summed E-state index contributed by atoms with van der Waals surface area (Å²) in [6, 6.07) is 1.21. The molecule has 1 saturated heterocycles. The Morgan fingerprint density at radius 1 is 1.13 bits per heavy atom. The van der Waals surface area contributed by atoms with Crippen molar-refractivity contribution in [3.63, 3.8) is 0 Å². The summed E-state index contributed by atoms with van der Waals surface area (Å²) in [6.45, 7) is 0. The predicted octanol–water partition coefficient (Wildman–Crippen LogP) is -1.29. The zero-order valence-corrected chi connectivity index (χ0v) is 17.6. The van der Waals surface area contributed by atoms with Crippen LogP contribution in [0.4, 0.5) is 5.82 Å². The van der Waals surface area contributed by atoms with Gasteiger partial charge in [-0.1, -0.05) is 0 Å². The van der Waals surface area contributed by atoms with Gasteiger partial charge in [-0.3, -0.25) is 9.09 Å². The maximum atomic E-state index is 12.2. The third kappa shape index (κ3) is 5.87. The van der Waals surface area contributed by atoms with Crippen molar-refractivity contribution < 1.29 is 61.0 Å². The van der Waals surface area contributed by atoms with Crippen LogP contribution in [-0.4, -0.2) is 58.6 Å². The third-order valence-electron chi connectivity index (χ3n) is 3.87. The van der Waals surface area contributed by atoms with Crippen molar-refractivity contribution in [2.24, 2.45) is 0 Å². The van der Waals surface area contributed by atoms with Crippen molar-refractivity contribution in [2.75, 3.05) is 5.73 Å². The first-order valence-electron chi connectivity index (χ1n) is 8.00. The highest BCUT2D eigenvalue weighted by atomic mass is 31.3. The van der Waals surface area contributed by atoms with Crippen molar-refractivity contribution in [2.45, 2.75) is 30.6 Å². The van der Waals surface area contributed by atoms with Gasteiger partial charge in [-0.2, -0.15) is 13.6 Å². The summed E-state index contributed by atoms with van der Waals surface area (Å²) in [5.74, 6) is -0.125. The minimum atomic E-state index is -5.78. The highest BCUT2D eigenvalue weighted by molar-refractivity contribution is 7.66. The molecule has 0 amide bonds. The lowest BCUT2D eigenvalue weighted by Gasteiger charge is -2.30. The van der Waals surface area contributed by atoms with E-state index in [1.807, 2.05) is 0 Å². The maximum Gasteiger partial charge on any atom is 0.490 e. The number of phosphoric acid groups is 3. The summed E-state index contributed by atoms with van der Waals surface area (Å²) in [5.41, 5.74) is 4.46. The van der Waals surface area contributed by atoms with Crippen LogP contribution in [0.15, 0.2) is 29.4 Å². The second-order valence-electron chi connectivity index (χ2n) is 6.11. The Hall–Kier alpha value is -1.45. The highest BCUT2D eigenvalue weighted by Crippen LogP contribution is 2.67. The van der Waals surface area contributed by atoms with Crippen LogP contribution >= 0.6 is 23.5 Å². The SMILES string of the molecule is Nc1ccn([C@@H]2O[C@H](C3C=CO3)[C@@H](OP(=O)(O)OP(=O)(O)OP(=O)(O)O)[C@H]2O)c(=O)n1. The molecule has 0 aromatic carbocycles. The summed E-state index contributed by atoms with van der Waals surface area (Å²) in [4.78, 5) is 51.7. The van der Waals surface area contributed by atoms with Crippen molar-refractivity contribution in [3.8, 4) is 0 Å². The van der Waals surface area contributed by atoms with Crippen molar-refractivity contribution in [1.82, 2.24) is 9.55 Å². The number of hydrogen-bond acceptors (Lipinski definition) is 12. The normalized spacial score (nSPS) is 32.0. The number of aliphatic hydroxyl groups excluding tert-OH is 1. The lowest BCUT2D eigenvalue weighted by atomic mass is 10.0. The van der Waals surface area contributed by atoms with Crippen LogP contribution in [-0.2, 0) is 36.3 Å². The second kappa shape index (κ2) is 8.48. The molecule has 2 aliphatic rings. The van der Waals surface area contributed by atoms with Gasteiger partial charge in [-0.25, -0.2) is 18.5 Å². The molecule has 1 aromatic rings. The Bertz CT molecular complexity index is 1070. The van der Waals surface area contributed by atoms with Gasteiger partial charge < -0.3 is 39.9 Å². The Balaban J connectivity index is 1.84. The number of hydrogen-bond donors (Lipinski definition) is 6. The molecule has 1 aromatic heterocycles. The van der Waals surface area contributed by atoms with Crippen LogP contribution < -0.4 is 11.4 Å². The van der Waals surface area contributed by atoms with Gasteiger partial charge in [0.15, 0.2) is 6.23 Å². The van der Waals surface area contributed by atoms with Crippen LogP contribution in [0.2, 0.25) is 0 Å². The summed E-state index contributed by atoms with van der Waals surface area (Å²) < 4.78 is 57.8. The standard InChI is InChI=1S/C11H16N3O14P3/c12-6-1-3-14(11(16)13-6)10-7(15)9(8(25-10)5-2-4-24-5)26-30(20,21)28-31(22,23)27-29(17,18)19/h1-5,7-10,15H,(H,20,21)(H,22,23)(H2,12,13,16)(H2,17,18,19)/t5?,7-,8-,9+,10-/m1/s1. The number of ether oxygens (including phenoxy) is 2. The highest BCUT2D eigenvalue weighted by Gasteiger charge is 2.54. The van der Waals surface area contributed by atoms with E-state index in [1.54, 1.807) is 0 Å². The van der Waals surface area contributed by atoms with Crippen molar-refractivity contribution in [3.05, 3.63) is 35.1 Å². The molecule has 0 saturated carbocycles. The van der Waals surface area contributed by atoms with E-state index in [0.717, 1.165) is 10.8 Å². The molecule has 2 aliphatic heterocycles. The molecule has 7 N–H and O–H groups in total. The van der Waals surface area contributed by atoms with Crippen LogP contribution in [0.25, 0.3) is 0 Å². The fraction of sp³-hybridized carbons (Fsp3) is 0.455. The number of phosphoric ester groups is 1. The Morgan fingerprint density at radius 3 is 2.29 bits per heavy atom. The van der Waals surface area contributed by atoms with Gasteiger partial charge in [0.1, 0.15) is 30.2 Å². The fourth-order valence-electron chi connectivity index (χ4n) is 2.72. The summed E-state index contributed by atoms with van der Waals surface area (Å²) in [5, 5.41) is 10.6.